The van der Waals surface area contributed by atoms with Gasteiger partial charge in [-0.3, -0.25) is 0 Å². The first-order chi connectivity index (χ1) is 8.61. The number of aromatic nitrogens is 2. The molecule has 1 heterocycles. The lowest BCUT2D eigenvalue weighted by Gasteiger charge is -2.11. The maximum atomic E-state index is 4.49. The van der Waals surface area contributed by atoms with Crippen molar-refractivity contribution in [3.63, 3.8) is 0 Å². The number of fused-ring (bicyclic) bond motifs is 1. The van der Waals surface area contributed by atoms with E-state index < -0.39 is 0 Å². The van der Waals surface area contributed by atoms with Gasteiger partial charge in [-0.1, -0.05) is 6.92 Å². The van der Waals surface area contributed by atoms with Gasteiger partial charge in [0.25, 0.3) is 0 Å². The summed E-state index contributed by atoms with van der Waals surface area (Å²) in [6, 6.07) is 4.43. The average molecular weight is 262 g/mol. The third kappa shape index (κ3) is 2.89. The Balaban J connectivity index is 2.16. The Hall–Kier alpha value is -0.960. The molecule has 0 saturated heterocycles. The van der Waals surface area contributed by atoms with Crippen LogP contribution < -0.4 is 0 Å². The number of imidazole rings is 1. The maximum absolute atomic E-state index is 4.49. The average Bonchev–Trinajstić information content (AvgIpc) is 2.70. The van der Waals surface area contributed by atoms with Gasteiger partial charge in [-0.05, 0) is 61.6 Å². The molecule has 1 atom stereocenters. The molecule has 1 aromatic heterocycles. The molecule has 0 N–H and O–H groups in total. The highest BCUT2D eigenvalue weighted by molar-refractivity contribution is 7.80. The standard InChI is InChI=1S/C15H22N2S/c1-11(5-7-18)4-6-17-10-16-14-8-12(2)13(3)9-15(14)17/h8-11,18H,4-7H2,1-3H3. The summed E-state index contributed by atoms with van der Waals surface area (Å²) in [7, 11) is 0. The fourth-order valence-electron chi connectivity index (χ4n) is 2.22. The van der Waals surface area contributed by atoms with E-state index in [1.54, 1.807) is 0 Å². The predicted molar refractivity (Wildman–Crippen MR) is 81.5 cm³/mol. The van der Waals surface area contributed by atoms with Crippen LogP contribution in [0.5, 0.6) is 0 Å². The number of thiol groups is 1. The minimum atomic E-state index is 0.728. The first-order valence-electron chi connectivity index (χ1n) is 6.64. The molecule has 0 aliphatic rings. The number of hydrogen-bond donors (Lipinski definition) is 1. The van der Waals surface area contributed by atoms with Gasteiger partial charge in [0, 0.05) is 6.54 Å². The molecule has 0 radical (unpaired) electrons. The van der Waals surface area contributed by atoms with Crippen molar-refractivity contribution >= 4 is 23.7 Å². The van der Waals surface area contributed by atoms with Crippen molar-refractivity contribution in [2.45, 2.75) is 40.2 Å². The molecule has 0 aliphatic heterocycles. The molecular formula is C15H22N2S. The van der Waals surface area contributed by atoms with Crippen LogP contribution in [0.4, 0.5) is 0 Å². The molecule has 0 saturated carbocycles. The Morgan fingerprint density at radius 3 is 2.67 bits per heavy atom. The largest absolute Gasteiger partial charge is 0.331 e. The normalized spacial score (nSPS) is 13.1. The second-order valence-corrected chi connectivity index (χ2v) is 5.72. The fourth-order valence-corrected chi connectivity index (χ4v) is 2.66. The Labute approximate surface area is 115 Å². The topological polar surface area (TPSA) is 17.8 Å². The van der Waals surface area contributed by atoms with Crippen molar-refractivity contribution in [2.75, 3.05) is 5.75 Å². The Morgan fingerprint density at radius 2 is 1.94 bits per heavy atom. The zero-order chi connectivity index (χ0) is 13.1. The molecule has 98 valence electrons. The third-order valence-electron chi connectivity index (χ3n) is 3.72. The van der Waals surface area contributed by atoms with Crippen molar-refractivity contribution in [2.24, 2.45) is 5.92 Å². The monoisotopic (exact) mass is 262 g/mol. The van der Waals surface area contributed by atoms with Gasteiger partial charge in [-0.25, -0.2) is 4.98 Å². The highest BCUT2D eigenvalue weighted by atomic mass is 32.1. The second-order valence-electron chi connectivity index (χ2n) is 5.27. The smallest absolute Gasteiger partial charge is 0.0958 e. The predicted octanol–water partition coefficient (Wildman–Crippen LogP) is 4.00. The van der Waals surface area contributed by atoms with E-state index in [-0.39, 0.29) is 0 Å². The molecule has 3 heteroatoms. The van der Waals surface area contributed by atoms with Crippen molar-refractivity contribution in [3.05, 3.63) is 29.6 Å². The van der Waals surface area contributed by atoms with Crippen molar-refractivity contribution in [3.8, 4) is 0 Å². The van der Waals surface area contributed by atoms with Crippen molar-refractivity contribution in [1.29, 1.82) is 0 Å². The summed E-state index contributed by atoms with van der Waals surface area (Å²) in [4.78, 5) is 4.49. The van der Waals surface area contributed by atoms with Gasteiger partial charge in [-0.2, -0.15) is 12.6 Å². The summed E-state index contributed by atoms with van der Waals surface area (Å²) in [5.41, 5.74) is 5.03. The molecule has 2 nitrogen and oxygen atoms in total. The van der Waals surface area contributed by atoms with E-state index in [0.29, 0.717) is 0 Å². The summed E-state index contributed by atoms with van der Waals surface area (Å²) < 4.78 is 2.27. The molecule has 0 fully saturated rings. The van der Waals surface area contributed by atoms with Gasteiger partial charge in [0.1, 0.15) is 0 Å². The van der Waals surface area contributed by atoms with Crippen LogP contribution in [0, 0.1) is 19.8 Å². The van der Waals surface area contributed by atoms with Crippen LogP contribution in [0.1, 0.15) is 30.9 Å². The molecule has 0 aliphatic carbocycles. The Morgan fingerprint density at radius 1 is 1.22 bits per heavy atom. The van der Waals surface area contributed by atoms with E-state index in [2.05, 4.69) is 55.1 Å². The van der Waals surface area contributed by atoms with Gasteiger partial charge in [0.15, 0.2) is 0 Å². The molecule has 2 aromatic rings. The maximum Gasteiger partial charge on any atom is 0.0958 e. The summed E-state index contributed by atoms with van der Waals surface area (Å²) in [6.07, 6.45) is 4.35. The van der Waals surface area contributed by atoms with Crippen LogP contribution in [0.2, 0.25) is 0 Å². The molecule has 0 spiro atoms. The lowest BCUT2D eigenvalue weighted by molar-refractivity contribution is 0.476. The number of rotatable bonds is 5. The van der Waals surface area contributed by atoms with E-state index in [9.17, 15) is 0 Å². The molecule has 1 unspecified atom stereocenters. The zero-order valence-corrected chi connectivity index (χ0v) is 12.4. The van der Waals surface area contributed by atoms with Crippen molar-refractivity contribution < 1.29 is 0 Å². The van der Waals surface area contributed by atoms with Gasteiger partial charge in [0.05, 0.1) is 17.4 Å². The van der Waals surface area contributed by atoms with Gasteiger partial charge in [0.2, 0.25) is 0 Å². The quantitative estimate of drug-likeness (QED) is 0.806. The minimum absolute atomic E-state index is 0.728. The number of aryl methyl sites for hydroxylation is 3. The fraction of sp³-hybridized carbons (Fsp3) is 0.533. The molecule has 0 amide bonds. The summed E-state index contributed by atoms with van der Waals surface area (Å²) >= 11 is 4.29. The van der Waals surface area contributed by atoms with Crippen molar-refractivity contribution in [1.82, 2.24) is 9.55 Å². The van der Waals surface area contributed by atoms with E-state index >= 15 is 0 Å². The van der Waals surface area contributed by atoms with E-state index in [4.69, 9.17) is 0 Å². The van der Waals surface area contributed by atoms with Crippen LogP contribution in [-0.4, -0.2) is 15.3 Å². The number of nitrogens with zero attached hydrogens (tertiary/aromatic N) is 2. The molecule has 0 bridgehead atoms. The Bertz CT molecular complexity index is 531. The first kappa shape index (κ1) is 13.5. The van der Waals surface area contributed by atoms with E-state index in [0.717, 1.165) is 23.7 Å². The second kappa shape index (κ2) is 5.79. The van der Waals surface area contributed by atoms with Crippen LogP contribution in [0.15, 0.2) is 18.5 Å². The lowest BCUT2D eigenvalue weighted by Crippen LogP contribution is -2.03. The lowest BCUT2D eigenvalue weighted by atomic mass is 10.1. The van der Waals surface area contributed by atoms with Crippen LogP contribution in [-0.2, 0) is 6.54 Å². The highest BCUT2D eigenvalue weighted by Gasteiger charge is 2.06. The van der Waals surface area contributed by atoms with Gasteiger partial charge in [-0.15, -0.1) is 0 Å². The number of hydrogen-bond acceptors (Lipinski definition) is 2. The van der Waals surface area contributed by atoms with Gasteiger partial charge >= 0.3 is 0 Å². The molecule has 18 heavy (non-hydrogen) atoms. The summed E-state index contributed by atoms with van der Waals surface area (Å²) in [5, 5.41) is 0. The van der Waals surface area contributed by atoms with Gasteiger partial charge < -0.3 is 4.57 Å². The van der Waals surface area contributed by atoms with E-state index in [1.807, 2.05) is 6.33 Å². The zero-order valence-electron chi connectivity index (χ0n) is 11.5. The minimum Gasteiger partial charge on any atom is -0.331 e. The Kier molecular flexibility index (Phi) is 4.33. The van der Waals surface area contributed by atoms with E-state index in [1.165, 1.54) is 29.5 Å². The first-order valence-corrected chi connectivity index (χ1v) is 7.28. The van der Waals surface area contributed by atoms with Crippen LogP contribution in [0.3, 0.4) is 0 Å². The van der Waals surface area contributed by atoms with Crippen LogP contribution in [0.25, 0.3) is 11.0 Å². The number of benzene rings is 1. The highest BCUT2D eigenvalue weighted by Crippen LogP contribution is 2.19. The molecule has 2 rings (SSSR count). The molecule has 1 aromatic carbocycles. The van der Waals surface area contributed by atoms with Crippen LogP contribution >= 0.6 is 12.6 Å². The third-order valence-corrected chi connectivity index (χ3v) is 3.98. The SMILES string of the molecule is Cc1cc2ncn(CCC(C)CCS)c2cc1C. The molecular weight excluding hydrogens is 240 g/mol. The summed E-state index contributed by atoms with van der Waals surface area (Å²) in [6.45, 7) is 7.65. The summed E-state index contributed by atoms with van der Waals surface area (Å²) in [5.74, 6) is 1.70.